The van der Waals surface area contributed by atoms with E-state index in [2.05, 4.69) is 5.32 Å². The summed E-state index contributed by atoms with van der Waals surface area (Å²) in [6.45, 7) is 1.98. The van der Waals surface area contributed by atoms with Gasteiger partial charge in [-0.15, -0.1) is 0 Å². The van der Waals surface area contributed by atoms with E-state index < -0.39 is 0 Å². The molecule has 2 fully saturated rings. The van der Waals surface area contributed by atoms with Crippen molar-refractivity contribution in [3.63, 3.8) is 0 Å². The molecule has 0 aromatic rings. The summed E-state index contributed by atoms with van der Waals surface area (Å²) in [7, 11) is 0. The molecule has 16 heavy (non-hydrogen) atoms. The average Bonchev–Trinajstić information content (AvgIpc) is 2.83. The number of aliphatic hydroxyl groups excluding tert-OH is 1. The second kappa shape index (κ2) is 5.53. The molecule has 0 spiro atoms. The quantitative estimate of drug-likeness (QED) is 0.746. The van der Waals surface area contributed by atoms with Gasteiger partial charge in [0.05, 0.1) is 0 Å². The van der Waals surface area contributed by atoms with Gasteiger partial charge in [-0.3, -0.25) is 0 Å². The van der Waals surface area contributed by atoms with Gasteiger partial charge in [0.25, 0.3) is 0 Å². The van der Waals surface area contributed by atoms with Gasteiger partial charge in [0.2, 0.25) is 0 Å². The Bertz CT molecular complexity index is 239. The molecule has 4 nitrogen and oxygen atoms in total. The third-order valence-corrected chi connectivity index (χ3v) is 3.85. The zero-order valence-corrected chi connectivity index (χ0v) is 9.82. The number of hydrogen-bond acceptors (Lipinski definition) is 2. The number of aliphatic hydroxyl groups is 1. The Balaban J connectivity index is 1.84. The lowest BCUT2D eigenvalue weighted by Gasteiger charge is -2.32. The van der Waals surface area contributed by atoms with E-state index in [9.17, 15) is 9.90 Å². The molecule has 2 amide bonds. The second-order valence-electron chi connectivity index (χ2n) is 4.98. The van der Waals surface area contributed by atoms with E-state index in [1.165, 1.54) is 12.8 Å². The van der Waals surface area contributed by atoms with Gasteiger partial charge >= 0.3 is 6.03 Å². The number of carbonyl (C=O) groups is 1. The standard InChI is InChI=1S/C12H22N2O2/c15-9-10-5-1-2-6-11(10)13-12(16)14-7-3-4-8-14/h10-11,15H,1-9H2,(H,13,16). The van der Waals surface area contributed by atoms with E-state index in [-0.39, 0.29) is 24.6 Å². The van der Waals surface area contributed by atoms with Crippen LogP contribution in [0.25, 0.3) is 0 Å². The maximum Gasteiger partial charge on any atom is 0.317 e. The van der Waals surface area contributed by atoms with Crippen molar-refractivity contribution in [2.24, 2.45) is 5.92 Å². The lowest BCUT2D eigenvalue weighted by molar-refractivity contribution is 0.146. The molecule has 0 aromatic heterocycles. The predicted molar refractivity (Wildman–Crippen MR) is 62.2 cm³/mol. The van der Waals surface area contributed by atoms with Gasteiger partial charge in [0, 0.05) is 31.7 Å². The first kappa shape index (κ1) is 11.7. The number of carbonyl (C=O) groups excluding carboxylic acids is 1. The lowest BCUT2D eigenvalue weighted by Crippen LogP contribution is -2.48. The molecule has 2 N–H and O–H groups in total. The number of nitrogens with one attached hydrogen (secondary N) is 1. The third kappa shape index (κ3) is 2.67. The molecule has 4 heteroatoms. The Morgan fingerprint density at radius 3 is 2.56 bits per heavy atom. The van der Waals surface area contributed by atoms with Crippen LogP contribution in [-0.2, 0) is 0 Å². The molecule has 1 aliphatic heterocycles. The van der Waals surface area contributed by atoms with Crippen molar-refractivity contribution < 1.29 is 9.90 Å². The first-order valence-corrected chi connectivity index (χ1v) is 6.47. The highest BCUT2D eigenvalue weighted by molar-refractivity contribution is 5.74. The minimum absolute atomic E-state index is 0.0721. The molecule has 1 saturated heterocycles. The summed E-state index contributed by atoms with van der Waals surface area (Å²) in [5.74, 6) is 0.264. The molecule has 2 rings (SSSR count). The Kier molecular flexibility index (Phi) is 4.04. The van der Waals surface area contributed by atoms with E-state index in [4.69, 9.17) is 0 Å². The summed E-state index contributed by atoms with van der Waals surface area (Å²) in [4.78, 5) is 13.8. The van der Waals surface area contributed by atoms with E-state index in [1.54, 1.807) is 0 Å². The molecule has 0 radical (unpaired) electrons. The van der Waals surface area contributed by atoms with Crippen molar-refractivity contribution in [1.82, 2.24) is 10.2 Å². The Morgan fingerprint density at radius 2 is 1.88 bits per heavy atom. The molecule has 1 aliphatic carbocycles. The molecule has 1 heterocycles. The molecule has 2 atom stereocenters. The summed E-state index contributed by atoms with van der Waals surface area (Å²) in [6, 6.07) is 0.259. The molecular formula is C12H22N2O2. The molecule has 0 aromatic carbocycles. The fourth-order valence-electron chi connectivity index (χ4n) is 2.79. The van der Waals surface area contributed by atoms with Crippen LogP contribution in [0.15, 0.2) is 0 Å². The lowest BCUT2D eigenvalue weighted by atomic mass is 9.85. The molecule has 2 unspecified atom stereocenters. The molecule has 92 valence electrons. The van der Waals surface area contributed by atoms with Crippen LogP contribution in [0.4, 0.5) is 4.79 Å². The van der Waals surface area contributed by atoms with E-state index >= 15 is 0 Å². The first-order chi connectivity index (χ1) is 7.81. The maximum absolute atomic E-state index is 11.9. The van der Waals surface area contributed by atoms with E-state index in [1.807, 2.05) is 4.90 Å². The van der Waals surface area contributed by atoms with Crippen molar-refractivity contribution >= 4 is 6.03 Å². The van der Waals surface area contributed by atoms with Gasteiger partial charge in [-0.05, 0) is 25.7 Å². The van der Waals surface area contributed by atoms with Gasteiger partial charge in [-0.1, -0.05) is 12.8 Å². The molecule has 0 bridgehead atoms. The van der Waals surface area contributed by atoms with Crippen molar-refractivity contribution in [2.45, 2.75) is 44.6 Å². The van der Waals surface area contributed by atoms with Crippen molar-refractivity contribution in [2.75, 3.05) is 19.7 Å². The highest BCUT2D eigenvalue weighted by Crippen LogP contribution is 2.24. The predicted octanol–water partition coefficient (Wildman–Crippen LogP) is 1.34. The van der Waals surface area contributed by atoms with Crippen molar-refractivity contribution in [1.29, 1.82) is 0 Å². The summed E-state index contributed by atoms with van der Waals surface area (Å²) in [5, 5.41) is 12.4. The zero-order valence-electron chi connectivity index (χ0n) is 9.82. The normalized spacial score (nSPS) is 30.4. The fourth-order valence-corrected chi connectivity index (χ4v) is 2.79. The number of likely N-dealkylation sites (tertiary alicyclic amines) is 1. The minimum Gasteiger partial charge on any atom is -0.396 e. The molecule has 1 saturated carbocycles. The molecular weight excluding hydrogens is 204 g/mol. The van der Waals surface area contributed by atoms with Crippen LogP contribution in [0.2, 0.25) is 0 Å². The number of amides is 2. The van der Waals surface area contributed by atoms with E-state index in [0.717, 1.165) is 38.8 Å². The average molecular weight is 226 g/mol. The number of nitrogens with zero attached hydrogens (tertiary/aromatic N) is 1. The van der Waals surface area contributed by atoms with Crippen LogP contribution < -0.4 is 5.32 Å². The summed E-state index contributed by atoms with van der Waals surface area (Å²) in [6.07, 6.45) is 6.66. The molecule has 2 aliphatic rings. The summed E-state index contributed by atoms with van der Waals surface area (Å²) >= 11 is 0. The van der Waals surface area contributed by atoms with Crippen molar-refractivity contribution in [3.8, 4) is 0 Å². The van der Waals surface area contributed by atoms with Crippen LogP contribution >= 0.6 is 0 Å². The maximum atomic E-state index is 11.9. The van der Waals surface area contributed by atoms with Crippen LogP contribution in [0, 0.1) is 5.92 Å². The topological polar surface area (TPSA) is 52.6 Å². The largest absolute Gasteiger partial charge is 0.396 e. The van der Waals surface area contributed by atoms with Gasteiger partial charge in [-0.25, -0.2) is 4.79 Å². The Morgan fingerprint density at radius 1 is 1.19 bits per heavy atom. The first-order valence-electron chi connectivity index (χ1n) is 6.47. The van der Waals surface area contributed by atoms with Gasteiger partial charge in [-0.2, -0.15) is 0 Å². The fraction of sp³-hybridized carbons (Fsp3) is 0.917. The van der Waals surface area contributed by atoms with Crippen LogP contribution in [0.1, 0.15) is 38.5 Å². The van der Waals surface area contributed by atoms with Gasteiger partial charge < -0.3 is 15.3 Å². The highest BCUT2D eigenvalue weighted by atomic mass is 16.3. The monoisotopic (exact) mass is 226 g/mol. The van der Waals surface area contributed by atoms with E-state index in [0.29, 0.717) is 0 Å². The minimum atomic E-state index is 0.0721. The Labute approximate surface area is 97.0 Å². The van der Waals surface area contributed by atoms with Crippen LogP contribution in [0.3, 0.4) is 0 Å². The van der Waals surface area contributed by atoms with Crippen LogP contribution in [0.5, 0.6) is 0 Å². The smallest absolute Gasteiger partial charge is 0.317 e. The highest BCUT2D eigenvalue weighted by Gasteiger charge is 2.28. The summed E-state index contributed by atoms with van der Waals surface area (Å²) in [5.41, 5.74) is 0. The number of hydrogen-bond donors (Lipinski definition) is 2. The second-order valence-corrected chi connectivity index (χ2v) is 4.98. The van der Waals surface area contributed by atoms with Crippen LogP contribution in [-0.4, -0.2) is 41.8 Å². The third-order valence-electron chi connectivity index (χ3n) is 3.85. The Hall–Kier alpha value is -0.770. The zero-order chi connectivity index (χ0) is 11.4. The SMILES string of the molecule is O=C(NC1CCCCC1CO)N1CCCC1. The van der Waals surface area contributed by atoms with Gasteiger partial charge in [0.15, 0.2) is 0 Å². The van der Waals surface area contributed by atoms with Gasteiger partial charge in [0.1, 0.15) is 0 Å². The van der Waals surface area contributed by atoms with Crippen molar-refractivity contribution in [3.05, 3.63) is 0 Å². The number of rotatable bonds is 2. The number of urea groups is 1. The summed E-state index contributed by atoms with van der Waals surface area (Å²) < 4.78 is 0.